The van der Waals surface area contributed by atoms with E-state index in [2.05, 4.69) is 5.10 Å². The highest BCUT2D eigenvalue weighted by atomic mass is 35.5. The lowest BCUT2D eigenvalue weighted by atomic mass is 9.87. The summed E-state index contributed by atoms with van der Waals surface area (Å²) in [5.41, 5.74) is 1.42. The van der Waals surface area contributed by atoms with Crippen LogP contribution in [0.4, 0.5) is 0 Å². The lowest BCUT2D eigenvalue weighted by molar-refractivity contribution is 0.111. The van der Waals surface area contributed by atoms with E-state index in [1.165, 1.54) is 19.3 Å². The molecule has 0 atom stereocenters. The molecule has 1 fully saturated rings. The second-order valence-electron chi connectivity index (χ2n) is 4.16. The maximum absolute atomic E-state index is 10.8. The Morgan fingerprint density at radius 2 is 2.07 bits per heavy atom. The van der Waals surface area contributed by atoms with Crippen molar-refractivity contribution in [1.29, 1.82) is 0 Å². The van der Waals surface area contributed by atoms with Crippen LogP contribution >= 0.6 is 11.6 Å². The summed E-state index contributed by atoms with van der Waals surface area (Å²) in [5, 5.41) is 4.91. The van der Waals surface area contributed by atoms with Crippen molar-refractivity contribution in [2.45, 2.75) is 38.0 Å². The molecule has 1 aromatic rings. The van der Waals surface area contributed by atoms with Gasteiger partial charge in [0.15, 0.2) is 6.29 Å². The van der Waals surface area contributed by atoms with Crippen LogP contribution in [0.5, 0.6) is 0 Å². The van der Waals surface area contributed by atoms with E-state index >= 15 is 0 Å². The first-order valence-corrected chi connectivity index (χ1v) is 5.79. The van der Waals surface area contributed by atoms with Gasteiger partial charge in [-0.1, -0.05) is 30.9 Å². The van der Waals surface area contributed by atoms with Crippen LogP contribution in [0.15, 0.2) is 0 Å². The number of halogens is 1. The quantitative estimate of drug-likeness (QED) is 0.727. The van der Waals surface area contributed by atoms with Gasteiger partial charge in [-0.3, -0.25) is 9.48 Å². The van der Waals surface area contributed by atoms with Crippen LogP contribution in [0.3, 0.4) is 0 Å². The van der Waals surface area contributed by atoms with Crippen molar-refractivity contribution in [2.75, 3.05) is 0 Å². The van der Waals surface area contributed by atoms with Crippen molar-refractivity contribution in [2.24, 2.45) is 7.05 Å². The molecule has 1 aliphatic rings. The molecule has 1 saturated carbocycles. The largest absolute Gasteiger partial charge is 0.296 e. The molecule has 0 radical (unpaired) electrons. The van der Waals surface area contributed by atoms with Crippen molar-refractivity contribution < 1.29 is 4.79 Å². The molecule has 0 unspecified atom stereocenters. The fourth-order valence-electron chi connectivity index (χ4n) is 2.30. The summed E-state index contributed by atoms with van der Waals surface area (Å²) in [6.45, 7) is 0. The summed E-state index contributed by atoms with van der Waals surface area (Å²) in [4.78, 5) is 10.8. The van der Waals surface area contributed by atoms with Gasteiger partial charge in [0.1, 0.15) is 5.69 Å². The summed E-state index contributed by atoms with van der Waals surface area (Å²) < 4.78 is 1.58. The van der Waals surface area contributed by atoms with Crippen molar-refractivity contribution in [3.8, 4) is 0 Å². The van der Waals surface area contributed by atoms with E-state index in [9.17, 15) is 4.79 Å². The Kier molecular flexibility index (Phi) is 3.10. The number of aryl methyl sites for hydroxylation is 1. The highest BCUT2D eigenvalue weighted by Crippen LogP contribution is 2.36. The summed E-state index contributed by atoms with van der Waals surface area (Å²) in [6, 6.07) is 0. The van der Waals surface area contributed by atoms with E-state index in [0.29, 0.717) is 16.6 Å². The minimum atomic E-state index is 0.450. The van der Waals surface area contributed by atoms with Crippen LogP contribution in [-0.2, 0) is 7.05 Å². The molecular formula is C11H15ClN2O. The first-order chi connectivity index (χ1) is 7.24. The third kappa shape index (κ3) is 1.93. The number of hydrogen-bond donors (Lipinski definition) is 0. The van der Waals surface area contributed by atoms with E-state index in [1.54, 1.807) is 11.7 Å². The highest BCUT2D eigenvalue weighted by Gasteiger charge is 2.23. The summed E-state index contributed by atoms with van der Waals surface area (Å²) in [5.74, 6) is 0.450. The van der Waals surface area contributed by atoms with Gasteiger partial charge in [0.2, 0.25) is 0 Å². The zero-order chi connectivity index (χ0) is 10.8. The van der Waals surface area contributed by atoms with E-state index in [0.717, 1.165) is 24.8 Å². The molecule has 0 amide bonds. The molecule has 1 heterocycles. The SMILES string of the molecule is Cn1nc(C2CCCCC2)c(Cl)c1C=O. The Labute approximate surface area is 94.4 Å². The summed E-state index contributed by atoms with van der Waals surface area (Å²) in [6.07, 6.45) is 6.87. The lowest BCUT2D eigenvalue weighted by Gasteiger charge is -2.19. The van der Waals surface area contributed by atoms with Crippen LogP contribution in [0, 0.1) is 0 Å². The van der Waals surface area contributed by atoms with Crippen LogP contribution in [-0.4, -0.2) is 16.1 Å². The maximum atomic E-state index is 10.8. The molecule has 1 aromatic heterocycles. The molecule has 0 aromatic carbocycles. The van der Waals surface area contributed by atoms with Gasteiger partial charge >= 0.3 is 0 Å². The number of nitrogens with zero attached hydrogens (tertiary/aromatic N) is 2. The predicted octanol–water partition coefficient (Wildman–Crippen LogP) is 2.93. The number of hydrogen-bond acceptors (Lipinski definition) is 2. The molecule has 0 N–H and O–H groups in total. The Bertz CT molecular complexity index is 367. The van der Waals surface area contributed by atoms with Gasteiger partial charge in [-0.2, -0.15) is 5.10 Å². The van der Waals surface area contributed by atoms with Gasteiger partial charge in [-0.15, -0.1) is 0 Å². The molecule has 0 aliphatic heterocycles. The Morgan fingerprint density at radius 3 is 2.60 bits per heavy atom. The fraction of sp³-hybridized carbons (Fsp3) is 0.636. The van der Waals surface area contributed by atoms with Crippen molar-refractivity contribution in [3.05, 3.63) is 16.4 Å². The van der Waals surface area contributed by atoms with Crippen LogP contribution in [0.1, 0.15) is 54.2 Å². The van der Waals surface area contributed by atoms with Gasteiger partial charge in [0, 0.05) is 13.0 Å². The fourth-order valence-corrected chi connectivity index (χ4v) is 2.66. The Morgan fingerprint density at radius 1 is 1.40 bits per heavy atom. The first-order valence-electron chi connectivity index (χ1n) is 5.41. The van der Waals surface area contributed by atoms with Gasteiger partial charge in [0.25, 0.3) is 0 Å². The average molecular weight is 227 g/mol. The zero-order valence-electron chi connectivity index (χ0n) is 8.87. The van der Waals surface area contributed by atoms with Crippen LogP contribution < -0.4 is 0 Å². The van der Waals surface area contributed by atoms with E-state index in [-0.39, 0.29) is 0 Å². The standard InChI is InChI=1S/C11H15ClN2O/c1-14-9(7-15)10(12)11(13-14)8-5-3-2-4-6-8/h7-8H,2-6H2,1H3. The Balaban J connectivity index is 2.31. The summed E-state index contributed by atoms with van der Waals surface area (Å²) >= 11 is 6.15. The normalized spacial score (nSPS) is 18.0. The number of rotatable bonds is 2. The third-order valence-electron chi connectivity index (χ3n) is 3.16. The minimum Gasteiger partial charge on any atom is -0.296 e. The van der Waals surface area contributed by atoms with Gasteiger partial charge in [-0.05, 0) is 12.8 Å². The van der Waals surface area contributed by atoms with Crippen molar-refractivity contribution in [1.82, 2.24) is 9.78 Å². The predicted molar refractivity (Wildman–Crippen MR) is 59.4 cm³/mol. The first kappa shape index (κ1) is 10.7. The zero-order valence-corrected chi connectivity index (χ0v) is 9.63. The van der Waals surface area contributed by atoms with E-state index in [4.69, 9.17) is 11.6 Å². The molecule has 4 heteroatoms. The number of carbonyl (C=O) groups is 1. The van der Waals surface area contributed by atoms with Crippen LogP contribution in [0.25, 0.3) is 0 Å². The molecule has 0 spiro atoms. The topological polar surface area (TPSA) is 34.9 Å². The van der Waals surface area contributed by atoms with Crippen molar-refractivity contribution in [3.63, 3.8) is 0 Å². The Hall–Kier alpha value is -0.830. The molecular weight excluding hydrogens is 212 g/mol. The van der Waals surface area contributed by atoms with Gasteiger partial charge in [0.05, 0.1) is 10.7 Å². The second kappa shape index (κ2) is 4.35. The molecule has 82 valence electrons. The summed E-state index contributed by atoms with van der Waals surface area (Å²) in [7, 11) is 1.77. The number of aldehydes is 1. The van der Waals surface area contributed by atoms with E-state index < -0.39 is 0 Å². The average Bonchev–Trinajstić information content (AvgIpc) is 2.55. The van der Waals surface area contributed by atoms with Crippen LogP contribution in [0.2, 0.25) is 5.02 Å². The lowest BCUT2D eigenvalue weighted by Crippen LogP contribution is -2.06. The number of carbonyl (C=O) groups excluding carboxylic acids is 1. The molecule has 2 rings (SSSR count). The molecule has 3 nitrogen and oxygen atoms in total. The molecule has 15 heavy (non-hydrogen) atoms. The van der Waals surface area contributed by atoms with Crippen molar-refractivity contribution >= 4 is 17.9 Å². The minimum absolute atomic E-state index is 0.450. The second-order valence-corrected chi connectivity index (χ2v) is 4.54. The smallest absolute Gasteiger partial charge is 0.169 e. The van der Waals surface area contributed by atoms with Gasteiger partial charge < -0.3 is 0 Å². The monoisotopic (exact) mass is 226 g/mol. The molecule has 0 saturated heterocycles. The van der Waals surface area contributed by atoms with Gasteiger partial charge in [-0.25, -0.2) is 0 Å². The molecule has 0 bridgehead atoms. The number of aromatic nitrogens is 2. The molecule has 1 aliphatic carbocycles. The van der Waals surface area contributed by atoms with E-state index in [1.807, 2.05) is 0 Å². The third-order valence-corrected chi connectivity index (χ3v) is 3.55. The maximum Gasteiger partial charge on any atom is 0.169 e. The highest BCUT2D eigenvalue weighted by molar-refractivity contribution is 6.33.